The molecule has 27 heavy (non-hydrogen) atoms. The maximum Gasteiger partial charge on any atom is 0.238 e. The van der Waals surface area contributed by atoms with Gasteiger partial charge >= 0.3 is 0 Å². The molecule has 9 heteroatoms. The number of hydrogen-bond acceptors (Lipinski definition) is 7. The van der Waals surface area contributed by atoms with Crippen molar-refractivity contribution in [2.75, 3.05) is 12.4 Å². The van der Waals surface area contributed by atoms with Crippen molar-refractivity contribution in [2.45, 2.75) is 37.7 Å². The lowest BCUT2D eigenvalue weighted by atomic mass is 10.2. The van der Waals surface area contributed by atoms with Crippen molar-refractivity contribution in [3.05, 3.63) is 36.1 Å². The van der Waals surface area contributed by atoms with E-state index in [4.69, 9.17) is 9.26 Å². The number of amides is 1. The van der Waals surface area contributed by atoms with E-state index in [0.29, 0.717) is 23.3 Å². The highest BCUT2D eigenvalue weighted by Gasteiger charge is 2.21. The van der Waals surface area contributed by atoms with Crippen molar-refractivity contribution in [3.63, 3.8) is 0 Å². The normalized spacial score (nSPS) is 12.0. The molecule has 2 aromatic heterocycles. The Bertz CT molecular complexity index is 919. The molecule has 1 N–H and O–H groups in total. The zero-order valence-corrected chi connectivity index (χ0v) is 16.4. The number of carbonyl (C=O) groups is 1. The molecule has 0 aliphatic rings. The van der Waals surface area contributed by atoms with Gasteiger partial charge in [-0.1, -0.05) is 16.9 Å². The molecule has 0 aliphatic heterocycles. The van der Waals surface area contributed by atoms with E-state index in [9.17, 15) is 4.79 Å². The Kier molecular flexibility index (Phi) is 5.80. The molecular formula is C18H21N5O3S. The number of anilines is 1. The van der Waals surface area contributed by atoms with Gasteiger partial charge in [0.2, 0.25) is 5.91 Å². The van der Waals surface area contributed by atoms with Gasteiger partial charge in [-0.15, -0.1) is 10.2 Å². The number of hydrogen-bond donors (Lipinski definition) is 1. The first-order valence-electron chi connectivity index (χ1n) is 8.50. The number of aromatic nitrogens is 4. The maximum absolute atomic E-state index is 12.4. The molecule has 1 amide bonds. The SMILES string of the molecule is CCn1c(S[C@H](C)C(=O)Nc2cc(C)on2)nnc1-c1ccc(OC)cc1. The van der Waals surface area contributed by atoms with E-state index < -0.39 is 0 Å². The van der Waals surface area contributed by atoms with Crippen molar-refractivity contribution in [1.29, 1.82) is 0 Å². The van der Waals surface area contributed by atoms with E-state index in [2.05, 4.69) is 20.7 Å². The predicted molar refractivity (Wildman–Crippen MR) is 103 cm³/mol. The highest BCUT2D eigenvalue weighted by Crippen LogP contribution is 2.28. The van der Waals surface area contributed by atoms with Crippen molar-refractivity contribution in [3.8, 4) is 17.1 Å². The largest absolute Gasteiger partial charge is 0.497 e. The van der Waals surface area contributed by atoms with Crippen LogP contribution in [0, 0.1) is 6.92 Å². The first-order chi connectivity index (χ1) is 13.0. The summed E-state index contributed by atoms with van der Waals surface area (Å²) in [5.41, 5.74) is 0.937. The fourth-order valence-electron chi connectivity index (χ4n) is 2.48. The van der Waals surface area contributed by atoms with Gasteiger partial charge in [0.1, 0.15) is 11.5 Å². The maximum atomic E-state index is 12.4. The summed E-state index contributed by atoms with van der Waals surface area (Å²) in [5, 5.41) is 15.4. The number of aryl methyl sites for hydroxylation is 1. The van der Waals surface area contributed by atoms with E-state index >= 15 is 0 Å². The Morgan fingerprint density at radius 3 is 2.67 bits per heavy atom. The number of nitrogens with one attached hydrogen (secondary N) is 1. The molecule has 2 heterocycles. The Hall–Kier alpha value is -2.81. The van der Waals surface area contributed by atoms with E-state index in [1.807, 2.05) is 42.7 Å². The Morgan fingerprint density at radius 2 is 2.07 bits per heavy atom. The van der Waals surface area contributed by atoms with Crippen LogP contribution in [-0.4, -0.2) is 38.2 Å². The second-order valence-electron chi connectivity index (χ2n) is 5.85. The van der Waals surface area contributed by atoms with E-state index in [-0.39, 0.29) is 11.2 Å². The van der Waals surface area contributed by atoms with Crippen LogP contribution in [0.5, 0.6) is 5.75 Å². The molecular weight excluding hydrogens is 366 g/mol. The van der Waals surface area contributed by atoms with Gasteiger partial charge in [-0.25, -0.2) is 0 Å². The lowest BCUT2D eigenvalue weighted by Crippen LogP contribution is -2.23. The van der Waals surface area contributed by atoms with Gasteiger partial charge in [0.15, 0.2) is 16.8 Å². The van der Waals surface area contributed by atoms with Crippen molar-refractivity contribution < 1.29 is 14.1 Å². The van der Waals surface area contributed by atoms with Gasteiger partial charge in [-0.3, -0.25) is 4.79 Å². The number of thioether (sulfide) groups is 1. The van der Waals surface area contributed by atoms with Gasteiger partial charge < -0.3 is 19.1 Å². The molecule has 0 unspecified atom stereocenters. The second-order valence-corrected chi connectivity index (χ2v) is 7.16. The quantitative estimate of drug-likeness (QED) is 0.621. The summed E-state index contributed by atoms with van der Waals surface area (Å²) in [6.45, 7) is 6.29. The molecule has 1 atom stereocenters. The third kappa shape index (κ3) is 4.30. The summed E-state index contributed by atoms with van der Waals surface area (Å²) < 4.78 is 12.1. The summed E-state index contributed by atoms with van der Waals surface area (Å²) in [6, 6.07) is 9.31. The molecule has 0 saturated heterocycles. The number of rotatable bonds is 7. The molecule has 3 aromatic rings. The summed E-state index contributed by atoms with van der Waals surface area (Å²) in [5.74, 6) is 2.40. The van der Waals surface area contributed by atoms with Crippen LogP contribution in [0.3, 0.4) is 0 Å². The van der Waals surface area contributed by atoms with Crippen LogP contribution in [0.4, 0.5) is 5.82 Å². The minimum atomic E-state index is -0.375. The van der Waals surface area contributed by atoms with Gasteiger partial charge in [0.05, 0.1) is 12.4 Å². The molecule has 0 bridgehead atoms. The van der Waals surface area contributed by atoms with Gasteiger partial charge in [-0.05, 0) is 45.0 Å². The zero-order chi connectivity index (χ0) is 19.4. The smallest absolute Gasteiger partial charge is 0.238 e. The minimum absolute atomic E-state index is 0.176. The zero-order valence-electron chi connectivity index (χ0n) is 15.6. The van der Waals surface area contributed by atoms with Gasteiger partial charge in [0, 0.05) is 18.2 Å². The number of ether oxygens (including phenoxy) is 1. The topological polar surface area (TPSA) is 95.1 Å². The number of benzene rings is 1. The summed E-state index contributed by atoms with van der Waals surface area (Å²) in [6.07, 6.45) is 0. The molecule has 3 rings (SSSR count). The number of methoxy groups -OCH3 is 1. The van der Waals surface area contributed by atoms with Gasteiger partial charge in [0.25, 0.3) is 0 Å². The average molecular weight is 387 g/mol. The van der Waals surface area contributed by atoms with Crippen molar-refractivity contribution >= 4 is 23.5 Å². The van der Waals surface area contributed by atoms with Gasteiger partial charge in [-0.2, -0.15) is 0 Å². The first-order valence-corrected chi connectivity index (χ1v) is 9.38. The highest BCUT2D eigenvalue weighted by molar-refractivity contribution is 8.00. The third-order valence-electron chi connectivity index (χ3n) is 3.91. The molecule has 0 fully saturated rings. The lowest BCUT2D eigenvalue weighted by molar-refractivity contribution is -0.115. The summed E-state index contributed by atoms with van der Waals surface area (Å²) in [4.78, 5) is 12.4. The Morgan fingerprint density at radius 1 is 1.33 bits per heavy atom. The monoisotopic (exact) mass is 387 g/mol. The molecule has 8 nitrogen and oxygen atoms in total. The standard InChI is InChI=1S/C18H21N5O3S/c1-5-23-16(13-6-8-14(25-4)9-7-13)20-21-18(23)27-12(3)17(24)19-15-10-11(2)26-22-15/h6-10,12H,5H2,1-4H3,(H,19,22,24)/t12-/m1/s1. The van der Waals surface area contributed by atoms with Crippen LogP contribution >= 0.6 is 11.8 Å². The predicted octanol–water partition coefficient (Wildman–Crippen LogP) is 3.39. The van der Waals surface area contributed by atoms with E-state index in [1.54, 1.807) is 20.1 Å². The van der Waals surface area contributed by atoms with E-state index in [0.717, 1.165) is 17.1 Å². The summed E-state index contributed by atoms with van der Waals surface area (Å²) >= 11 is 1.35. The fourth-order valence-corrected chi connectivity index (χ4v) is 3.39. The average Bonchev–Trinajstić information content (AvgIpc) is 3.27. The fraction of sp³-hybridized carbons (Fsp3) is 0.333. The van der Waals surface area contributed by atoms with Crippen LogP contribution in [0.2, 0.25) is 0 Å². The third-order valence-corrected chi connectivity index (χ3v) is 4.99. The number of carbonyl (C=O) groups excluding carboxylic acids is 1. The van der Waals surface area contributed by atoms with Crippen LogP contribution in [0.25, 0.3) is 11.4 Å². The Balaban J connectivity index is 1.74. The first kappa shape index (κ1) is 19.0. The molecule has 0 aliphatic carbocycles. The highest BCUT2D eigenvalue weighted by atomic mass is 32.2. The molecule has 142 valence electrons. The molecule has 0 radical (unpaired) electrons. The van der Waals surface area contributed by atoms with Crippen molar-refractivity contribution in [2.24, 2.45) is 0 Å². The van der Waals surface area contributed by atoms with E-state index in [1.165, 1.54) is 11.8 Å². The van der Waals surface area contributed by atoms with Crippen LogP contribution in [0.15, 0.2) is 40.0 Å². The van der Waals surface area contributed by atoms with Crippen molar-refractivity contribution in [1.82, 2.24) is 19.9 Å². The minimum Gasteiger partial charge on any atom is -0.497 e. The molecule has 1 aromatic carbocycles. The van der Waals surface area contributed by atoms with Crippen LogP contribution < -0.4 is 10.1 Å². The number of nitrogens with zero attached hydrogens (tertiary/aromatic N) is 4. The molecule has 0 spiro atoms. The second kappa shape index (κ2) is 8.26. The summed E-state index contributed by atoms with van der Waals surface area (Å²) in [7, 11) is 1.63. The Labute approximate surface area is 161 Å². The van der Waals surface area contributed by atoms with Crippen LogP contribution in [-0.2, 0) is 11.3 Å². The lowest BCUT2D eigenvalue weighted by Gasteiger charge is -2.11. The molecule has 0 saturated carbocycles. The van der Waals surface area contributed by atoms with Crippen LogP contribution in [0.1, 0.15) is 19.6 Å².